The number of fused-ring (bicyclic) bond motifs is 4. The molecule has 1 aliphatic carbocycles. The van der Waals surface area contributed by atoms with Crippen LogP contribution in [0.3, 0.4) is 0 Å². The van der Waals surface area contributed by atoms with Crippen LogP contribution >= 0.6 is 23.1 Å². The van der Waals surface area contributed by atoms with Gasteiger partial charge in [-0.05, 0) is 50.3 Å². The predicted molar refractivity (Wildman–Crippen MR) is 128 cm³/mol. The highest BCUT2D eigenvalue weighted by Gasteiger charge is 2.22. The standard InChI is InChI=1S/C23H21N5O2S2/c1-2-28-22(30)19-13-7-3-6-10-18(13)32-21(19)27-23(28)31-12-17(29)14(11-24)20-25-15-8-4-5-9-16(15)26-20/h4-5,8-9,29H,2-3,6-7,10,12H2,1H3,(H,25,26). The van der Waals surface area contributed by atoms with Crippen LogP contribution in [0.1, 0.15) is 36.0 Å². The Balaban J connectivity index is 1.50. The molecule has 5 rings (SSSR count). The SMILES string of the molecule is CCn1c(SCC(O)=C(C#N)c2nc3ccccc3[nH]2)nc2sc3c(c2c1=O)CCCC3. The number of aryl methyl sites for hydroxylation is 2. The van der Waals surface area contributed by atoms with Crippen LogP contribution in [-0.4, -0.2) is 30.4 Å². The lowest BCUT2D eigenvalue weighted by Gasteiger charge is -2.12. The highest BCUT2D eigenvalue weighted by Crippen LogP contribution is 2.35. The molecule has 0 radical (unpaired) electrons. The molecule has 0 bridgehead atoms. The number of nitriles is 1. The van der Waals surface area contributed by atoms with Gasteiger partial charge >= 0.3 is 0 Å². The molecule has 7 nitrogen and oxygen atoms in total. The van der Waals surface area contributed by atoms with E-state index in [1.54, 1.807) is 15.9 Å². The molecule has 9 heteroatoms. The van der Waals surface area contributed by atoms with Gasteiger partial charge in [0, 0.05) is 11.4 Å². The van der Waals surface area contributed by atoms with E-state index in [1.165, 1.54) is 22.2 Å². The largest absolute Gasteiger partial charge is 0.510 e. The number of aliphatic hydroxyl groups excluding tert-OH is 1. The first-order chi connectivity index (χ1) is 15.6. The van der Waals surface area contributed by atoms with Crippen molar-refractivity contribution in [1.29, 1.82) is 5.26 Å². The number of imidazole rings is 1. The Hall–Kier alpha value is -3.09. The molecular weight excluding hydrogens is 442 g/mol. The molecule has 162 valence electrons. The molecule has 0 saturated carbocycles. The van der Waals surface area contributed by atoms with Crippen molar-refractivity contribution < 1.29 is 5.11 Å². The molecule has 0 saturated heterocycles. The van der Waals surface area contributed by atoms with Crippen molar-refractivity contribution in [2.75, 3.05) is 5.75 Å². The Morgan fingerprint density at radius 3 is 2.91 bits per heavy atom. The molecule has 2 N–H and O–H groups in total. The number of aromatic nitrogens is 4. The minimum absolute atomic E-state index is 0.0133. The van der Waals surface area contributed by atoms with E-state index in [4.69, 9.17) is 4.98 Å². The van der Waals surface area contributed by atoms with Crippen molar-refractivity contribution >= 4 is 49.9 Å². The first kappa shape index (κ1) is 20.8. The van der Waals surface area contributed by atoms with E-state index >= 15 is 0 Å². The number of allylic oxidation sites excluding steroid dienone is 1. The normalized spacial score (nSPS) is 14.4. The highest BCUT2D eigenvalue weighted by atomic mass is 32.2. The van der Waals surface area contributed by atoms with Crippen LogP contribution in [0.4, 0.5) is 0 Å². The fourth-order valence-electron chi connectivity index (χ4n) is 4.14. The zero-order valence-electron chi connectivity index (χ0n) is 17.5. The lowest BCUT2D eigenvalue weighted by Crippen LogP contribution is -2.23. The van der Waals surface area contributed by atoms with Gasteiger partial charge in [0.1, 0.15) is 22.2 Å². The Morgan fingerprint density at radius 2 is 2.12 bits per heavy atom. The smallest absolute Gasteiger partial charge is 0.263 e. The number of aliphatic hydroxyl groups is 1. The third-order valence-electron chi connectivity index (χ3n) is 5.72. The van der Waals surface area contributed by atoms with Crippen LogP contribution in [0, 0.1) is 11.3 Å². The third kappa shape index (κ3) is 3.49. The maximum absolute atomic E-state index is 13.2. The van der Waals surface area contributed by atoms with Gasteiger partial charge in [0.2, 0.25) is 0 Å². The third-order valence-corrected chi connectivity index (χ3v) is 7.89. The van der Waals surface area contributed by atoms with Crippen molar-refractivity contribution in [3.63, 3.8) is 0 Å². The number of aromatic amines is 1. The maximum Gasteiger partial charge on any atom is 0.263 e. The maximum atomic E-state index is 13.2. The fraction of sp³-hybridized carbons (Fsp3) is 0.304. The minimum Gasteiger partial charge on any atom is -0.510 e. The van der Waals surface area contributed by atoms with Gasteiger partial charge in [-0.2, -0.15) is 5.26 Å². The van der Waals surface area contributed by atoms with E-state index in [0.717, 1.165) is 46.9 Å². The number of benzene rings is 1. The number of thioether (sulfide) groups is 1. The zero-order valence-corrected chi connectivity index (χ0v) is 19.1. The number of H-pyrrole nitrogens is 1. The summed E-state index contributed by atoms with van der Waals surface area (Å²) in [4.78, 5) is 27.6. The molecule has 1 aromatic carbocycles. The number of nitrogens with zero attached hydrogens (tertiary/aromatic N) is 4. The van der Waals surface area contributed by atoms with Gasteiger partial charge in [-0.15, -0.1) is 11.3 Å². The lowest BCUT2D eigenvalue weighted by molar-refractivity contribution is 0.420. The quantitative estimate of drug-likeness (QED) is 0.190. The second kappa shape index (κ2) is 8.45. The molecule has 3 aromatic heterocycles. The van der Waals surface area contributed by atoms with Crippen molar-refractivity contribution in [3.05, 3.63) is 56.6 Å². The first-order valence-electron chi connectivity index (χ1n) is 10.6. The van der Waals surface area contributed by atoms with Crippen molar-refractivity contribution in [2.24, 2.45) is 0 Å². The van der Waals surface area contributed by atoms with E-state index in [0.29, 0.717) is 17.5 Å². The Bertz CT molecular complexity index is 1440. The van der Waals surface area contributed by atoms with Crippen molar-refractivity contribution in [3.8, 4) is 6.07 Å². The minimum atomic E-state index is -0.0981. The number of hydrogen-bond donors (Lipinski definition) is 2. The van der Waals surface area contributed by atoms with Crippen LogP contribution in [0.15, 0.2) is 40.0 Å². The zero-order chi connectivity index (χ0) is 22.2. The van der Waals surface area contributed by atoms with Crippen LogP contribution in [0.25, 0.3) is 26.8 Å². The Labute approximate surface area is 192 Å². The van der Waals surface area contributed by atoms with Gasteiger partial charge in [0.05, 0.1) is 22.2 Å². The Morgan fingerprint density at radius 1 is 1.31 bits per heavy atom. The van der Waals surface area contributed by atoms with E-state index < -0.39 is 0 Å². The van der Waals surface area contributed by atoms with Gasteiger partial charge in [-0.1, -0.05) is 23.9 Å². The topological polar surface area (TPSA) is 108 Å². The number of para-hydroxylation sites is 2. The molecular formula is C23H21N5O2S2. The van der Waals surface area contributed by atoms with Crippen LogP contribution in [0.2, 0.25) is 0 Å². The van der Waals surface area contributed by atoms with Crippen LogP contribution < -0.4 is 5.56 Å². The van der Waals surface area contributed by atoms with Gasteiger partial charge in [0.15, 0.2) is 11.0 Å². The van der Waals surface area contributed by atoms with E-state index in [1.807, 2.05) is 31.2 Å². The number of rotatable bonds is 5. The highest BCUT2D eigenvalue weighted by molar-refractivity contribution is 7.99. The summed E-state index contributed by atoms with van der Waals surface area (Å²) in [5, 5.41) is 21.6. The number of thiophene rings is 1. The summed E-state index contributed by atoms with van der Waals surface area (Å²) >= 11 is 2.87. The molecule has 0 amide bonds. The number of hydrogen-bond acceptors (Lipinski definition) is 7. The van der Waals surface area contributed by atoms with Gasteiger partial charge in [-0.25, -0.2) is 9.97 Å². The van der Waals surface area contributed by atoms with Crippen molar-refractivity contribution in [2.45, 2.75) is 44.3 Å². The predicted octanol–water partition coefficient (Wildman–Crippen LogP) is 4.82. The van der Waals surface area contributed by atoms with Gasteiger partial charge < -0.3 is 10.1 Å². The molecule has 4 aromatic rings. The lowest BCUT2D eigenvalue weighted by atomic mass is 9.97. The number of nitrogens with one attached hydrogen (secondary N) is 1. The van der Waals surface area contributed by atoms with Crippen LogP contribution in [0.5, 0.6) is 0 Å². The van der Waals surface area contributed by atoms with Crippen LogP contribution in [-0.2, 0) is 19.4 Å². The van der Waals surface area contributed by atoms with Crippen molar-refractivity contribution in [1.82, 2.24) is 19.5 Å². The van der Waals surface area contributed by atoms with Gasteiger partial charge in [-0.3, -0.25) is 9.36 Å². The summed E-state index contributed by atoms with van der Waals surface area (Å²) in [5.41, 5.74) is 2.77. The average Bonchev–Trinajstić information content (AvgIpc) is 3.39. The first-order valence-corrected chi connectivity index (χ1v) is 12.4. The summed E-state index contributed by atoms with van der Waals surface area (Å²) in [7, 11) is 0. The summed E-state index contributed by atoms with van der Waals surface area (Å²) in [5.74, 6) is 0.344. The second-order valence-electron chi connectivity index (χ2n) is 7.66. The van der Waals surface area contributed by atoms with E-state index in [9.17, 15) is 15.2 Å². The molecule has 32 heavy (non-hydrogen) atoms. The summed E-state index contributed by atoms with van der Waals surface area (Å²) in [6.45, 7) is 2.41. The Kier molecular flexibility index (Phi) is 5.49. The molecule has 0 spiro atoms. The average molecular weight is 464 g/mol. The molecule has 0 atom stereocenters. The van der Waals surface area contributed by atoms with E-state index in [-0.39, 0.29) is 22.6 Å². The summed E-state index contributed by atoms with van der Waals surface area (Å²) in [6, 6.07) is 9.51. The second-order valence-corrected chi connectivity index (χ2v) is 9.69. The molecule has 0 unspecified atom stereocenters. The van der Waals surface area contributed by atoms with Gasteiger partial charge in [0.25, 0.3) is 5.56 Å². The molecule has 1 aliphatic rings. The summed E-state index contributed by atoms with van der Waals surface area (Å²) in [6.07, 6.45) is 4.21. The molecule has 3 heterocycles. The molecule has 0 fully saturated rings. The monoisotopic (exact) mass is 463 g/mol. The summed E-state index contributed by atoms with van der Waals surface area (Å²) < 4.78 is 1.66. The fourth-order valence-corrected chi connectivity index (χ4v) is 6.38. The van der Waals surface area contributed by atoms with E-state index in [2.05, 4.69) is 16.0 Å². The molecule has 0 aliphatic heterocycles.